The maximum atomic E-state index is 9.21. The van der Waals surface area contributed by atoms with Gasteiger partial charge in [-0.15, -0.1) is 5.10 Å². The fourth-order valence-corrected chi connectivity index (χ4v) is 4.28. The largest absolute Gasteiger partial charge is 0.494 e. The number of hydrogen-bond donors (Lipinski definition) is 0. The highest BCUT2D eigenvalue weighted by Crippen LogP contribution is 2.39. The third kappa shape index (κ3) is 3.43. The molecule has 0 bridgehead atoms. The number of nitriles is 1. The number of rotatable bonds is 6. The summed E-state index contributed by atoms with van der Waals surface area (Å²) in [5.74, 6) is 0.751. The van der Waals surface area contributed by atoms with E-state index in [0.717, 1.165) is 46.9 Å². The molecule has 4 aromatic rings. The van der Waals surface area contributed by atoms with Crippen LogP contribution in [-0.4, -0.2) is 39.0 Å². The Morgan fingerprint density at radius 1 is 1.09 bits per heavy atom. The van der Waals surface area contributed by atoms with Crippen molar-refractivity contribution in [1.29, 1.82) is 5.26 Å². The Morgan fingerprint density at radius 3 is 2.66 bits per heavy atom. The molecule has 0 unspecified atom stereocenters. The quantitative estimate of drug-likeness (QED) is 0.469. The molecule has 32 heavy (non-hydrogen) atoms. The highest BCUT2D eigenvalue weighted by molar-refractivity contribution is 5.70. The van der Waals surface area contributed by atoms with Gasteiger partial charge in [-0.25, -0.2) is 9.36 Å². The molecule has 8 nitrogen and oxygen atoms in total. The highest BCUT2D eigenvalue weighted by atomic mass is 16.5. The molecular formula is C24H22N6O2. The first kappa shape index (κ1) is 20.0. The lowest BCUT2D eigenvalue weighted by atomic mass is 10.0. The normalized spacial score (nSPS) is 14.8. The second kappa shape index (κ2) is 8.29. The van der Waals surface area contributed by atoms with Crippen molar-refractivity contribution in [2.24, 2.45) is 0 Å². The number of nitrogens with zero attached hydrogens (tertiary/aromatic N) is 6. The molecule has 0 saturated carbocycles. The molecule has 0 saturated heterocycles. The highest BCUT2D eigenvalue weighted by Gasteiger charge is 2.32. The third-order valence-electron chi connectivity index (χ3n) is 5.76. The molecule has 5 rings (SSSR count). The summed E-state index contributed by atoms with van der Waals surface area (Å²) in [5.41, 5.74) is 6.53. The molecule has 0 fully saturated rings. The van der Waals surface area contributed by atoms with Gasteiger partial charge >= 0.3 is 0 Å². The fraction of sp³-hybridized carbons (Fsp3) is 0.250. The summed E-state index contributed by atoms with van der Waals surface area (Å²) in [6, 6.07) is 17.8. The smallest absolute Gasteiger partial charge is 0.144 e. The number of hydrogen-bond acceptors (Lipinski definition) is 6. The van der Waals surface area contributed by atoms with Crippen LogP contribution in [0.25, 0.3) is 16.9 Å². The maximum Gasteiger partial charge on any atom is 0.144 e. The lowest BCUT2D eigenvalue weighted by Crippen LogP contribution is -2.12. The minimum Gasteiger partial charge on any atom is -0.494 e. The summed E-state index contributed by atoms with van der Waals surface area (Å²) >= 11 is 0. The topological polar surface area (TPSA) is 90.8 Å². The van der Waals surface area contributed by atoms with Gasteiger partial charge in [0.15, 0.2) is 0 Å². The van der Waals surface area contributed by atoms with E-state index in [4.69, 9.17) is 14.6 Å². The van der Waals surface area contributed by atoms with Crippen LogP contribution in [-0.2, 0) is 24.2 Å². The number of fused-ring (bicyclic) bond motifs is 1. The summed E-state index contributed by atoms with van der Waals surface area (Å²) in [7, 11) is 3.31. The van der Waals surface area contributed by atoms with E-state index in [9.17, 15) is 5.26 Å². The van der Waals surface area contributed by atoms with Gasteiger partial charge in [-0.3, -0.25) is 0 Å². The lowest BCUT2D eigenvalue weighted by molar-refractivity contribution is 0.181. The average Bonchev–Trinajstić information content (AvgIpc) is 3.54. The standard InChI is InChI=1S/C24H22N6O2/c1-31-15-18-14-29(28-26-18)19-11-20-21(12-19)27-30(22-5-3-4-6-23(22)32-2)24(20)17-9-7-16(13-25)8-10-17/h3-10,14,19H,11-12,15H2,1-2H3/t19-/m0/s1. The van der Waals surface area contributed by atoms with Gasteiger partial charge in [0.2, 0.25) is 0 Å². The van der Waals surface area contributed by atoms with Crippen molar-refractivity contribution in [3.63, 3.8) is 0 Å². The van der Waals surface area contributed by atoms with Crippen LogP contribution in [0.1, 0.15) is 28.6 Å². The van der Waals surface area contributed by atoms with Crippen LogP contribution >= 0.6 is 0 Å². The first-order chi connectivity index (χ1) is 15.7. The van der Waals surface area contributed by atoms with E-state index in [1.54, 1.807) is 14.2 Å². The van der Waals surface area contributed by atoms with E-state index in [0.29, 0.717) is 12.2 Å². The van der Waals surface area contributed by atoms with E-state index in [2.05, 4.69) is 16.4 Å². The predicted octanol–water partition coefficient (Wildman–Crippen LogP) is 3.50. The Hall–Kier alpha value is -3.96. The Bertz CT molecular complexity index is 1300. The van der Waals surface area contributed by atoms with Crippen molar-refractivity contribution < 1.29 is 9.47 Å². The van der Waals surface area contributed by atoms with Gasteiger partial charge in [-0.2, -0.15) is 10.4 Å². The van der Waals surface area contributed by atoms with E-state index < -0.39 is 0 Å². The minimum atomic E-state index is 0.148. The number of benzene rings is 2. The molecule has 8 heteroatoms. The fourth-order valence-electron chi connectivity index (χ4n) is 4.28. The summed E-state index contributed by atoms with van der Waals surface area (Å²) in [6.45, 7) is 0.439. The molecule has 160 valence electrons. The number of methoxy groups -OCH3 is 2. The number of aromatic nitrogens is 5. The van der Waals surface area contributed by atoms with Crippen LogP contribution in [0.2, 0.25) is 0 Å². The molecular weight excluding hydrogens is 404 g/mol. The van der Waals surface area contributed by atoms with Gasteiger partial charge in [0, 0.05) is 24.7 Å². The summed E-state index contributed by atoms with van der Waals surface area (Å²) in [4.78, 5) is 0. The molecule has 0 N–H and O–H groups in total. The summed E-state index contributed by atoms with van der Waals surface area (Å²) < 4.78 is 14.6. The van der Waals surface area contributed by atoms with Crippen molar-refractivity contribution in [3.8, 4) is 28.8 Å². The number of para-hydroxylation sites is 2. The van der Waals surface area contributed by atoms with E-state index in [1.165, 1.54) is 5.56 Å². The molecule has 2 aromatic heterocycles. The Morgan fingerprint density at radius 2 is 1.91 bits per heavy atom. The van der Waals surface area contributed by atoms with Gasteiger partial charge in [0.1, 0.15) is 17.1 Å². The van der Waals surface area contributed by atoms with Gasteiger partial charge < -0.3 is 9.47 Å². The maximum absolute atomic E-state index is 9.21. The zero-order valence-corrected chi connectivity index (χ0v) is 17.9. The molecule has 1 atom stereocenters. The zero-order chi connectivity index (χ0) is 22.1. The predicted molar refractivity (Wildman–Crippen MR) is 117 cm³/mol. The average molecular weight is 426 g/mol. The molecule has 2 aromatic carbocycles. The van der Waals surface area contributed by atoms with Crippen molar-refractivity contribution in [2.45, 2.75) is 25.5 Å². The van der Waals surface area contributed by atoms with Gasteiger partial charge in [0.05, 0.1) is 49.0 Å². The summed E-state index contributed by atoms with van der Waals surface area (Å²) in [6.07, 6.45) is 3.49. The van der Waals surface area contributed by atoms with Crippen LogP contribution in [0.15, 0.2) is 54.7 Å². The van der Waals surface area contributed by atoms with Crippen LogP contribution in [0.4, 0.5) is 0 Å². The second-order valence-electron chi connectivity index (χ2n) is 7.73. The molecule has 0 aliphatic heterocycles. The first-order valence-corrected chi connectivity index (χ1v) is 10.4. The molecule has 0 amide bonds. The minimum absolute atomic E-state index is 0.148. The molecule has 2 heterocycles. The molecule has 0 spiro atoms. The van der Waals surface area contributed by atoms with Gasteiger partial charge in [-0.05, 0) is 30.7 Å². The molecule has 0 radical (unpaired) electrons. The van der Waals surface area contributed by atoms with Crippen molar-refractivity contribution in [3.05, 3.63) is 77.2 Å². The van der Waals surface area contributed by atoms with Crippen LogP contribution in [0.3, 0.4) is 0 Å². The summed E-state index contributed by atoms with van der Waals surface area (Å²) in [5, 5.41) is 22.7. The van der Waals surface area contributed by atoms with Crippen molar-refractivity contribution in [1.82, 2.24) is 24.8 Å². The van der Waals surface area contributed by atoms with E-state index in [1.807, 2.05) is 64.1 Å². The first-order valence-electron chi connectivity index (χ1n) is 10.4. The second-order valence-corrected chi connectivity index (χ2v) is 7.73. The number of ether oxygens (including phenoxy) is 2. The third-order valence-corrected chi connectivity index (χ3v) is 5.76. The molecule has 1 aliphatic carbocycles. The Balaban J connectivity index is 1.59. The Labute approximate surface area is 185 Å². The SMILES string of the molecule is COCc1cn([C@@H]2Cc3nn(-c4ccccc4OC)c(-c4ccc(C#N)cc4)c3C2)nn1. The zero-order valence-electron chi connectivity index (χ0n) is 17.9. The lowest BCUT2D eigenvalue weighted by Gasteiger charge is -2.15. The van der Waals surface area contributed by atoms with Gasteiger partial charge in [0.25, 0.3) is 0 Å². The monoisotopic (exact) mass is 426 g/mol. The van der Waals surface area contributed by atoms with Crippen LogP contribution in [0.5, 0.6) is 5.75 Å². The van der Waals surface area contributed by atoms with Gasteiger partial charge in [-0.1, -0.05) is 29.5 Å². The van der Waals surface area contributed by atoms with Crippen LogP contribution < -0.4 is 4.74 Å². The van der Waals surface area contributed by atoms with Crippen LogP contribution in [0, 0.1) is 11.3 Å². The Kier molecular flexibility index (Phi) is 5.17. The van der Waals surface area contributed by atoms with E-state index in [-0.39, 0.29) is 6.04 Å². The molecule has 1 aliphatic rings. The van der Waals surface area contributed by atoms with Crippen molar-refractivity contribution in [2.75, 3.05) is 14.2 Å². The van der Waals surface area contributed by atoms with E-state index >= 15 is 0 Å². The van der Waals surface area contributed by atoms with Crippen molar-refractivity contribution >= 4 is 0 Å².